The predicted molar refractivity (Wildman–Crippen MR) is 132 cm³/mol. The lowest BCUT2D eigenvalue weighted by atomic mass is 10.1. The Hall–Kier alpha value is -3.64. The number of rotatable bonds is 9. The van der Waals surface area contributed by atoms with Gasteiger partial charge in [0.15, 0.2) is 0 Å². The maximum atomic E-state index is 13.5. The SMILES string of the molecule is CC[C@@H](C)N(Cc1nc(-c2ccccc2)no1)C(=O)c1cccc(OCc2ccccc2Cl)c1. The Labute approximate surface area is 204 Å². The zero-order chi connectivity index (χ0) is 23.9. The first-order valence-corrected chi connectivity index (χ1v) is 11.6. The van der Waals surface area contributed by atoms with Gasteiger partial charge in [-0.3, -0.25) is 4.79 Å². The van der Waals surface area contributed by atoms with Gasteiger partial charge in [-0.1, -0.05) is 78.3 Å². The number of nitrogens with zero attached hydrogens (tertiary/aromatic N) is 3. The summed E-state index contributed by atoms with van der Waals surface area (Å²) in [6.45, 7) is 4.58. The molecule has 0 saturated carbocycles. The highest BCUT2D eigenvalue weighted by atomic mass is 35.5. The third kappa shape index (κ3) is 5.64. The number of hydrogen-bond acceptors (Lipinski definition) is 5. The maximum Gasteiger partial charge on any atom is 0.254 e. The van der Waals surface area contributed by atoms with E-state index in [9.17, 15) is 4.79 Å². The van der Waals surface area contributed by atoms with E-state index in [1.54, 1.807) is 17.0 Å². The van der Waals surface area contributed by atoms with Gasteiger partial charge in [-0.2, -0.15) is 4.98 Å². The summed E-state index contributed by atoms with van der Waals surface area (Å²) < 4.78 is 11.4. The number of aromatic nitrogens is 2. The standard InChI is InChI=1S/C27H26ClN3O3/c1-3-19(2)31(17-25-29-26(30-34-25)20-10-5-4-6-11-20)27(32)21-13-9-14-23(16-21)33-18-22-12-7-8-15-24(22)28/h4-16,19H,3,17-18H2,1-2H3/t19-/m1/s1. The summed E-state index contributed by atoms with van der Waals surface area (Å²) in [4.78, 5) is 19.7. The van der Waals surface area contributed by atoms with Gasteiger partial charge in [0, 0.05) is 27.8 Å². The van der Waals surface area contributed by atoms with Gasteiger partial charge in [-0.25, -0.2) is 0 Å². The minimum absolute atomic E-state index is 0.0210. The zero-order valence-electron chi connectivity index (χ0n) is 19.1. The lowest BCUT2D eigenvalue weighted by Crippen LogP contribution is -2.37. The second-order valence-electron chi connectivity index (χ2n) is 7.98. The lowest BCUT2D eigenvalue weighted by Gasteiger charge is -2.27. The molecule has 0 aliphatic carbocycles. The fraction of sp³-hybridized carbons (Fsp3) is 0.222. The Kier molecular flexibility index (Phi) is 7.60. The van der Waals surface area contributed by atoms with Crippen molar-refractivity contribution in [3.8, 4) is 17.1 Å². The summed E-state index contributed by atoms with van der Waals surface area (Å²) in [5.74, 6) is 1.36. The molecule has 4 aromatic rings. The fourth-order valence-electron chi connectivity index (χ4n) is 3.48. The predicted octanol–water partition coefficient (Wildman–Crippen LogP) is 6.41. The van der Waals surface area contributed by atoms with Crippen LogP contribution in [0, 0.1) is 0 Å². The molecule has 1 aromatic heterocycles. The van der Waals surface area contributed by atoms with Crippen LogP contribution in [-0.4, -0.2) is 27.0 Å². The van der Waals surface area contributed by atoms with Crippen LogP contribution in [0.1, 0.15) is 42.1 Å². The molecule has 0 aliphatic rings. The van der Waals surface area contributed by atoms with Crippen molar-refractivity contribution < 1.29 is 14.1 Å². The van der Waals surface area contributed by atoms with Crippen LogP contribution in [0.25, 0.3) is 11.4 Å². The van der Waals surface area contributed by atoms with Gasteiger partial charge in [0.2, 0.25) is 11.7 Å². The molecule has 0 N–H and O–H groups in total. The summed E-state index contributed by atoms with van der Waals surface area (Å²) in [5.41, 5.74) is 2.27. The zero-order valence-corrected chi connectivity index (χ0v) is 19.9. The summed E-state index contributed by atoms with van der Waals surface area (Å²) in [6.07, 6.45) is 0.786. The van der Waals surface area contributed by atoms with Crippen molar-refractivity contribution in [2.45, 2.75) is 39.5 Å². The van der Waals surface area contributed by atoms with Crippen LogP contribution in [-0.2, 0) is 13.2 Å². The molecule has 0 fully saturated rings. The van der Waals surface area contributed by atoms with E-state index >= 15 is 0 Å². The van der Waals surface area contributed by atoms with Crippen LogP contribution < -0.4 is 4.74 Å². The van der Waals surface area contributed by atoms with Gasteiger partial charge in [-0.15, -0.1) is 0 Å². The number of amides is 1. The van der Waals surface area contributed by atoms with Crippen LogP contribution in [0.3, 0.4) is 0 Å². The highest BCUT2D eigenvalue weighted by Crippen LogP contribution is 2.22. The molecule has 7 heteroatoms. The van der Waals surface area contributed by atoms with Crippen LogP contribution in [0.4, 0.5) is 0 Å². The van der Waals surface area contributed by atoms with Crippen LogP contribution in [0.15, 0.2) is 83.4 Å². The van der Waals surface area contributed by atoms with Crippen molar-refractivity contribution in [3.05, 3.63) is 101 Å². The molecule has 1 heterocycles. The van der Waals surface area contributed by atoms with Crippen LogP contribution in [0.5, 0.6) is 5.75 Å². The lowest BCUT2D eigenvalue weighted by molar-refractivity contribution is 0.0646. The van der Waals surface area contributed by atoms with E-state index in [-0.39, 0.29) is 18.5 Å². The third-order valence-corrected chi connectivity index (χ3v) is 5.99. The van der Waals surface area contributed by atoms with Crippen molar-refractivity contribution in [1.82, 2.24) is 15.0 Å². The van der Waals surface area contributed by atoms with E-state index in [4.69, 9.17) is 20.9 Å². The highest BCUT2D eigenvalue weighted by molar-refractivity contribution is 6.31. The van der Waals surface area contributed by atoms with Gasteiger partial charge in [0.05, 0.1) is 0 Å². The van der Waals surface area contributed by atoms with Gasteiger partial charge in [-0.05, 0) is 37.6 Å². The summed E-state index contributed by atoms with van der Waals surface area (Å²) in [7, 11) is 0. The molecular weight excluding hydrogens is 450 g/mol. The van der Waals surface area contributed by atoms with Gasteiger partial charge in [0.1, 0.15) is 18.9 Å². The van der Waals surface area contributed by atoms with Crippen LogP contribution in [0.2, 0.25) is 5.02 Å². The highest BCUT2D eigenvalue weighted by Gasteiger charge is 2.24. The Morgan fingerprint density at radius 1 is 1.06 bits per heavy atom. The van der Waals surface area contributed by atoms with E-state index in [0.717, 1.165) is 17.5 Å². The average Bonchev–Trinajstić information content (AvgIpc) is 3.35. The van der Waals surface area contributed by atoms with Crippen molar-refractivity contribution >= 4 is 17.5 Å². The van der Waals surface area contributed by atoms with E-state index in [0.29, 0.717) is 34.7 Å². The molecule has 0 bridgehead atoms. The third-order valence-electron chi connectivity index (χ3n) is 5.62. The number of carbonyl (C=O) groups is 1. The largest absolute Gasteiger partial charge is 0.489 e. The molecular formula is C27H26ClN3O3. The molecule has 174 valence electrons. The number of benzene rings is 3. The number of hydrogen-bond donors (Lipinski definition) is 0. The summed E-state index contributed by atoms with van der Waals surface area (Å²) in [6, 6.07) is 24.3. The van der Waals surface area contributed by atoms with E-state index < -0.39 is 0 Å². The Balaban J connectivity index is 1.50. The molecule has 0 aliphatic heterocycles. The first kappa shape index (κ1) is 23.5. The normalized spacial score (nSPS) is 11.7. The maximum absolute atomic E-state index is 13.5. The van der Waals surface area contributed by atoms with E-state index in [1.807, 2.05) is 80.6 Å². The molecule has 1 atom stereocenters. The second-order valence-corrected chi connectivity index (χ2v) is 8.38. The quantitative estimate of drug-likeness (QED) is 0.280. The number of carbonyl (C=O) groups excluding carboxylic acids is 1. The Bertz CT molecular complexity index is 1240. The molecule has 1 amide bonds. The van der Waals surface area contributed by atoms with E-state index in [2.05, 4.69) is 10.1 Å². The van der Waals surface area contributed by atoms with Crippen molar-refractivity contribution in [1.29, 1.82) is 0 Å². The van der Waals surface area contributed by atoms with Crippen LogP contribution >= 0.6 is 11.6 Å². The molecule has 34 heavy (non-hydrogen) atoms. The van der Waals surface area contributed by atoms with E-state index in [1.165, 1.54) is 0 Å². The van der Waals surface area contributed by atoms with Gasteiger partial charge >= 0.3 is 0 Å². The molecule has 4 rings (SSSR count). The topological polar surface area (TPSA) is 68.5 Å². The Morgan fingerprint density at radius 3 is 2.59 bits per heavy atom. The second kappa shape index (κ2) is 11.0. The first-order chi connectivity index (χ1) is 16.5. The molecule has 6 nitrogen and oxygen atoms in total. The average molecular weight is 476 g/mol. The van der Waals surface area contributed by atoms with Crippen molar-refractivity contribution in [2.24, 2.45) is 0 Å². The summed E-state index contributed by atoms with van der Waals surface area (Å²) in [5, 5.41) is 4.72. The number of ether oxygens (including phenoxy) is 1. The van der Waals surface area contributed by atoms with Crippen molar-refractivity contribution in [3.63, 3.8) is 0 Å². The fourth-order valence-corrected chi connectivity index (χ4v) is 3.67. The monoisotopic (exact) mass is 475 g/mol. The minimum Gasteiger partial charge on any atom is -0.489 e. The van der Waals surface area contributed by atoms with Crippen molar-refractivity contribution in [2.75, 3.05) is 0 Å². The molecule has 0 saturated heterocycles. The van der Waals surface area contributed by atoms with Gasteiger partial charge < -0.3 is 14.2 Å². The Morgan fingerprint density at radius 2 is 1.82 bits per heavy atom. The molecule has 0 unspecified atom stereocenters. The molecule has 3 aromatic carbocycles. The molecule has 0 radical (unpaired) electrons. The summed E-state index contributed by atoms with van der Waals surface area (Å²) >= 11 is 6.22. The number of halogens is 1. The first-order valence-electron chi connectivity index (χ1n) is 11.2. The molecule has 0 spiro atoms. The minimum atomic E-state index is -0.128. The van der Waals surface area contributed by atoms with Gasteiger partial charge in [0.25, 0.3) is 5.91 Å². The smallest absolute Gasteiger partial charge is 0.254 e.